The highest BCUT2D eigenvalue weighted by Gasteiger charge is 2.26. The van der Waals surface area contributed by atoms with Crippen molar-refractivity contribution in [2.24, 2.45) is 0 Å². The van der Waals surface area contributed by atoms with Crippen LogP contribution < -0.4 is 14.4 Å². The fourth-order valence-corrected chi connectivity index (χ4v) is 4.24. The van der Waals surface area contributed by atoms with Crippen LogP contribution in [0.3, 0.4) is 0 Å². The van der Waals surface area contributed by atoms with Gasteiger partial charge in [0.2, 0.25) is 0 Å². The van der Waals surface area contributed by atoms with E-state index in [1.807, 2.05) is 58.0 Å². The monoisotopic (exact) mass is 431 g/mol. The number of para-hydroxylation sites is 2. The fraction of sp³-hybridized carbons (Fsp3) is 0.269. The van der Waals surface area contributed by atoms with E-state index >= 15 is 0 Å². The number of ether oxygens (including phenoxy) is 2. The summed E-state index contributed by atoms with van der Waals surface area (Å²) in [4.78, 5) is 17.7. The van der Waals surface area contributed by atoms with Crippen LogP contribution in [0.1, 0.15) is 10.5 Å². The Morgan fingerprint density at radius 1 is 1.00 bits per heavy atom. The molecule has 0 aliphatic carbocycles. The Balaban J connectivity index is 1.58. The molecule has 0 radical (unpaired) electrons. The van der Waals surface area contributed by atoms with Crippen LogP contribution in [0.15, 0.2) is 73.8 Å². The standard InChI is InChI=1S/C26H29N3O3/c1-4-13-29-21-10-8-12-24(32-18-5-2)20(21)19-23(29)26(30)28-16-14-27(15-17-28)22-9-6-7-11-25(22)31-3/h4-12,19H,1-2,13-18H2,3H3. The van der Waals surface area contributed by atoms with Crippen LogP contribution in [0.4, 0.5) is 5.69 Å². The van der Waals surface area contributed by atoms with Crippen molar-refractivity contribution in [3.8, 4) is 11.5 Å². The number of aromatic nitrogens is 1. The Hall–Kier alpha value is -3.67. The molecule has 1 fully saturated rings. The summed E-state index contributed by atoms with van der Waals surface area (Å²) in [6.07, 6.45) is 3.53. The summed E-state index contributed by atoms with van der Waals surface area (Å²) in [6.45, 7) is 11.4. The van der Waals surface area contributed by atoms with E-state index in [1.165, 1.54) is 0 Å². The Morgan fingerprint density at radius 3 is 2.47 bits per heavy atom. The molecule has 32 heavy (non-hydrogen) atoms. The van der Waals surface area contributed by atoms with E-state index in [4.69, 9.17) is 9.47 Å². The Bertz CT molecular complexity index is 1130. The van der Waals surface area contributed by atoms with Crippen molar-refractivity contribution in [2.45, 2.75) is 6.54 Å². The van der Waals surface area contributed by atoms with Crippen molar-refractivity contribution in [3.63, 3.8) is 0 Å². The number of carbonyl (C=O) groups excluding carboxylic acids is 1. The predicted octanol–water partition coefficient (Wildman–Crippen LogP) is 4.36. The quantitative estimate of drug-likeness (QED) is 0.497. The average Bonchev–Trinajstić information content (AvgIpc) is 3.21. The summed E-state index contributed by atoms with van der Waals surface area (Å²) in [5.74, 6) is 1.63. The first-order valence-electron chi connectivity index (χ1n) is 10.8. The average molecular weight is 432 g/mol. The van der Waals surface area contributed by atoms with Gasteiger partial charge < -0.3 is 23.8 Å². The molecule has 0 spiro atoms. The molecule has 0 bridgehead atoms. The largest absolute Gasteiger partial charge is 0.495 e. The van der Waals surface area contributed by atoms with Crippen molar-refractivity contribution >= 4 is 22.5 Å². The maximum Gasteiger partial charge on any atom is 0.270 e. The van der Waals surface area contributed by atoms with Gasteiger partial charge in [-0.15, -0.1) is 6.58 Å². The molecule has 6 nitrogen and oxygen atoms in total. The molecule has 0 saturated carbocycles. The van der Waals surface area contributed by atoms with Crippen molar-refractivity contribution in [1.82, 2.24) is 9.47 Å². The van der Waals surface area contributed by atoms with E-state index < -0.39 is 0 Å². The lowest BCUT2D eigenvalue weighted by Crippen LogP contribution is -2.49. The first kappa shape index (κ1) is 21.6. The predicted molar refractivity (Wildman–Crippen MR) is 129 cm³/mol. The van der Waals surface area contributed by atoms with E-state index in [9.17, 15) is 4.79 Å². The first-order chi connectivity index (χ1) is 15.7. The number of rotatable bonds is 8. The van der Waals surface area contributed by atoms with Crippen LogP contribution in [0, 0.1) is 0 Å². The molecule has 4 rings (SSSR count). The van der Waals surface area contributed by atoms with Gasteiger partial charge in [0.25, 0.3) is 5.91 Å². The zero-order valence-electron chi connectivity index (χ0n) is 18.5. The molecular weight excluding hydrogens is 402 g/mol. The van der Waals surface area contributed by atoms with Gasteiger partial charge in [0, 0.05) is 38.1 Å². The maximum atomic E-state index is 13.5. The lowest BCUT2D eigenvalue weighted by molar-refractivity contribution is 0.0737. The molecule has 3 aromatic rings. The zero-order chi connectivity index (χ0) is 22.5. The second-order valence-corrected chi connectivity index (χ2v) is 7.67. The summed E-state index contributed by atoms with van der Waals surface area (Å²) >= 11 is 0. The number of allylic oxidation sites excluding steroid dienone is 1. The van der Waals surface area contributed by atoms with E-state index in [0.29, 0.717) is 31.9 Å². The Kier molecular flexibility index (Phi) is 6.50. The molecule has 1 aliphatic heterocycles. The summed E-state index contributed by atoms with van der Waals surface area (Å²) in [6, 6.07) is 15.8. The Labute approximate surface area is 188 Å². The molecule has 0 atom stereocenters. The molecular formula is C26H29N3O3. The van der Waals surface area contributed by atoms with E-state index in [-0.39, 0.29) is 5.91 Å². The Morgan fingerprint density at radius 2 is 1.75 bits per heavy atom. The molecule has 2 aromatic carbocycles. The number of hydrogen-bond acceptors (Lipinski definition) is 4. The molecule has 2 heterocycles. The number of nitrogens with zero attached hydrogens (tertiary/aromatic N) is 3. The molecule has 1 saturated heterocycles. The van der Waals surface area contributed by atoms with Gasteiger partial charge in [-0.05, 0) is 30.3 Å². The number of piperazine rings is 1. The number of fused-ring (bicyclic) bond motifs is 1. The van der Waals surface area contributed by atoms with E-state index in [2.05, 4.69) is 24.1 Å². The fourth-order valence-electron chi connectivity index (χ4n) is 4.24. The van der Waals surface area contributed by atoms with Gasteiger partial charge in [-0.3, -0.25) is 4.79 Å². The summed E-state index contributed by atoms with van der Waals surface area (Å²) in [5.41, 5.74) is 2.68. The third kappa shape index (κ3) is 4.08. The number of hydrogen-bond donors (Lipinski definition) is 0. The molecule has 166 valence electrons. The molecule has 1 aromatic heterocycles. The lowest BCUT2D eigenvalue weighted by atomic mass is 10.2. The van der Waals surface area contributed by atoms with Gasteiger partial charge in [0.1, 0.15) is 23.8 Å². The van der Waals surface area contributed by atoms with Crippen molar-refractivity contribution < 1.29 is 14.3 Å². The zero-order valence-corrected chi connectivity index (χ0v) is 18.5. The summed E-state index contributed by atoms with van der Waals surface area (Å²) in [5, 5.41) is 0.923. The van der Waals surface area contributed by atoms with Crippen LogP contribution in [0.5, 0.6) is 11.5 Å². The lowest BCUT2D eigenvalue weighted by Gasteiger charge is -2.36. The third-order valence-electron chi connectivity index (χ3n) is 5.79. The molecule has 0 unspecified atom stereocenters. The molecule has 6 heteroatoms. The topological polar surface area (TPSA) is 46.9 Å². The van der Waals surface area contributed by atoms with Crippen LogP contribution in [0.25, 0.3) is 10.9 Å². The van der Waals surface area contributed by atoms with Crippen molar-refractivity contribution in [3.05, 3.63) is 79.5 Å². The number of anilines is 1. The van der Waals surface area contributed by atoms with Gasteiger partial charge in [-0.1, -0.05) is 36.9 Å². The van der Waals surface area contributed by atoms with E-state index in [1.54, 1.807) is 13.2 Å². The second-order valence-electron chi connectivity index (χ2n) is 7.67. The number of methoxy groups -OCH3 is 1. The van der Waals surface area contributed by atoms with Crippen LogP contribution >= 0.6 is 0 Å². The molecule has 1 amide bonds. The first-order valence-corrected chi connectivity index (χ1v) is 10.8. The minimum Gasteiger partial charge on any atom is -0.495 e. The minimum atomic E-state index is 0.0254. The van der Waals surface area contributed by atoms with Gasteiger partial charge in [0.15, 0.2) is 0 Å². The smallest absolute Gasteiger partial charge is 0.270 e. The van der Waals surface area contributed by atoms with Crippen molar-refractivity contribution in [2.75, 3.05) is 44.8 Å². The SMILES string of the molecule is C=CCOc1cccc2c1cc(C(=O)N1CCN(c3ccccc3OC)CC1)n2CC=C. The molecule has 1 aliphatic rings. The van der Waals surface area contributed by atoms with Gasteiger partial charge in [0.05, 0.1) is 18.3 Å². The van der Waals surface area contributed by atoms with Gasteiger partial charge in [-0.25, -0.2) is 0 Å². The van der Waals surface area contributed by atoms with E-state index in [0.717, 1.165) is 41.2 Å². The van der Waals surface area contributed by atoms with Crippen LogP contribution in [-0.2, 0) is 6.54 Å². The highest BCUT2D eigenvalue weighted by molar-refractivity contribution is 6.00. The second kappa shape index (κ2) is 9.64. The maximum absolute atomic E-state index is 13.5. The van der Waals surface area contributed by atoms with Crippen LogP contribution in [0.2, 0.25) is 0 Å². The number of benzene rings is 2. The highest BCUT2D eigenvalue weighted by atomic mass is 16.5. The minimum absolute atomic E-state index is 0.0254. The van der Waals surface area contributed by atoms with Gasteiger partial charge in [-0.2, -0.15) is 0 Å². The number of amides is 1. The third-order valence-corrected chi connectivity index (χ3v) is 5.79. The highest BCUT2D eigenvalue weighted by Crippen LogP contribution is 2.31. The molecule has 0 N–H and O–H groups in total. The van der Waals surface area contributed by atoms with Crippen molar-refractivity contribution in [1.29, 1.82) is 0 Å². The summed E-state index contributed by atoms with van der Waals surface area (Å²) in [7, 11) is 1.68. The van der Waals surface area contributed by atoms with Gasteiger partial charge >= 0.3 is 0 Å². The normalized spacial score (nSPS) is 13.8. The summed E-state index contributed by atoms with van der Waals surface area (Å²) < 4.78 is 13.3. The number of carbonyl (C=O) groups is 1. The van der Waals surface area contributed by atoms with Crippen LogP contribution in [-0.4, -0.2) is 55.3 Å².